The summed E-state index contributed by atoms with van der Waals surface area (Å²) in [5, 5.41) is 1.10. The summed E-state index contributed by atoms with van der Waals surface area (Å²) in [5.74, 6) is 1.85. The molecule has 0 atom stereocenters. The molecule has 114 valence electrons. The highest BCUT2D eigenvalue weighted by Crippen LogP contribution is 2.23. The molecule has 0 unspecified atom stereocenters. The monoisotopic (exact) mass is 303 g/mol. The molecule has 0 bridgehead atoms. The zero-order valence-electron chi connectivity index (χ0n) is 12.7. The van der Waals surface area contributed by atoms with Crippen LogP contribution in [0.15, 0.2) is 60.8 Å². The van der Waals surface area contributed by atoms with Crippen molar-refractivity contribution in [3.05, 3.63) is 66.6 Å². The van der Waals surface area contributed by atoms with Crippen LogP contribution in [-0.2, 0) is 6.42 Å². The Hall–Kier alpha value is -2.88. The molecule has 2 aromatic heterocycles. The molecule has 0 aliphatic rings. The third-order valence-electron chi connectivity index (χ3n) is 3.85. The van der Waals surface area contributed by atoms with Crippen LogP contribution < -0.4 is 4.74 Å². The first kappa shape index (κ1) is 13.8. The van der Waals surface area contributed by atoms with Gasteiger partial charge in [0, 0.05) is 18.0 Å². The Labute approximate surface area is 134 Å². The topological polar surface area (TPSA) is 50.8 Å². The number of nitrogens with zero attached hydrogens (tertiary/aromatic N) is 2. The molecular weight excluding hydrogens is 286 g/mol. The predicted octanol–water partition coefficient (Wildman–Crippen LogP) is 4.12. The van der Waals surface area contributed by atoms with Crippen molar-refractivity contribution in [2.24, 2.45) is 0 Å². The SMILES string of the molecule is c1cnc2c(OCCCc3nc4ccccc4[nH]3)cccc2c1. The normalized spacial score (nSPS) is 11.1. The molecule has 2 aromatic carbocycles. The van der Waals surface area contributed by atoms with Crippen LogP contribution in [0, 0.1) is 0 Å². The average Bonchev–Trinajstić information content (AvgIpc) is 3.01. The zero-order chi connectivity index (χ0) is 15.5. The summed E-state index contributed by atoms with van der Waals surface area (Å²) in [6.45, 7) is 0.646. The van der Waals surface area contributed by atoms with Crippen LogP contribution in [0.25, 0.3) is 21.9 Å². The number of aromatic amines is 1. The van der Waals surface area contributed by atoms with E-state index in [4.69, 9.17) is 4.74 Å². The summed E-state index contributed by atoms with van der Waals surface area (Å²) in [6.07, 6.45) is 3.57. The van der Waals surface area contributed by atoms with E-state index in [2.05, 4.69) is 15.0 Å². The average molecular weight is 303 g/mol. The van der Waals surface area contributed by atoms with Gasteiger partial charge in [-0.1, -0.05) is 30.3 Å². The Bertz CT molecular complexity index is 907. The predicted molar refractivity (Wildman–Crippen MR) is 91.7 cm³/mol. The first-order chi connectivity index (χ1) is 11.4. The number of nitrogens with one attached hydrogen (secondary N) is 1. The van der Waals surface area contributed by atoms with Crippen molar-refractivity contribution in [2.75, 3.05) is 6.61 Å². The van der Waals surface area contributed by atoms with Crippen LogP contribution in [0.1, 0.15) is 12.2 Å². The van der Waals surface area contributed by atoms with Gasteiger partial charge < -0.3 is 9.72 Å². The molecular formula is C19H17N3O. The van der Waals surface area contributed by atoms with Crippen LogP contribution in [0.2, 0.25) is 0 Å². The minimum atomic E-state index is 0.646. The lowest BCUT2D eigenvalue weighted by atomic mass is 10.2. The second-order valence-electron chi connectivity index (χ2n) is 5.48. The summed E-state index contributed by atoms with van der Waals surface area (Å²) in [5.41, 5.74) is 3.02. The van der Waals surface area contributed by atoms with Gasteiger partial charge in [0.1, 0.15) is 17.1 Å². The van der Waals surface area contributed by atoms with Crippen LogP contribution in [0.3, 0.4) is 0 Å². The highest BCUT2D eigenvalue weighted by Gasteiger charge is 2.04. The maximum Gasteiger partial charge on any atom is 0.145 e. The lowest BCUT2D eigenvalue weighted by Crippen LogP contribution is -2.01. The summed E-state index contributed by atoms with van der Waals surface area (Å²) in [6, 6.07) is 18.1. The maximum absolute atomic E-state index is 5.91. The number of aromatic nitrogens is 3. The third-order valence-corrected chi connectivity index (χ3v) is 3.85. The summed E-state index contributed by atoms with van der Waals surface area (Å²) >= 11 is 0. The van der Waals surface area contributed by atoms with E-state index in [1.54, 1.807) is 6.20 Å². The number of H-pyrrole nitrogens is 1. The van der Waals surface area contributed by atoms with E-state index in [1.807, 2.05) is 54.6 Å². The molecule has 23 heavy (non-hydrogen) atoms. The van der Waals surface area contributed by atoms with E-state index in [9.17, 15) is 0 Å². The fourth-order valence-corrected chi connectivity index (χ4v) is 2.74. The fraction of sp³-hybridized carbons (Fsp3) is 0.158. The molecule has 2 heterocycles. The number of pyridine rings is 1. The summed E-state index contributed by atoms with van der Waals surface area (Å²) in [4.78, 5) is 12.3. The smallest absolute Gasteiger partial charge is 0.145 e. The van der Waals surface area contributed by atoms with E-state index < -0.39 is 0 Å². The first-order valence-electron chi connectivity index (χ1n) is 7.80. The highest BCUT2D eigenvalue weighted by molar-refractivity contribution is 5.84. The molecule has 0 aliphatic carbocycles. The highest BCUT2D eigenvalue weighted by atomic mass is 16.5. The van der Waals surface area contributed by atoms with Crippen molar-refractivity contribution in [3.8, 4) is 5.75 Å². The van der Waals surface area contributed by atoms with Crippen LogP contribution in [0.4, 0.5) is 0 Å². The molecule has 0 saturated heterocycles. The van der Waals surface area contributed by atoms with E-state index in [0.29, 0.717) is 6.61 Å². The number of benzene rings is 2. The number of para-hydroxylation sites is 3. The Balaban J connectivity index is 1.39. The Morgan fingerprint density at radius 3 is 2.83 bits per heavy atom. The molecule has 1 N–H and O–H groups in total. The van der Waals surface area contributed by atoms with Crippen molar-refractivity contribution in [3.63, 3.8) is 0 Å². The Morgan fingerprint density at radius 1 is 0.957 bits per heavy atom. The van der Waals surface area contributed by atoms with Gasteiger partial charge in [0.2, 0.25) is 0 Å². The molecule has 0 amide bonds. The van der Waals surface area contributed by atoms with Crippen LogP contribution in [0.5, 0.6) is 5.75 Å². The number of ether oxygens (including phenoxy) is 1. The first-order valence-corrected chi connectivity index (χ1v) is 7.80. The minimum Gasteiger partial charge on any atom is -0.491 e. The quantitative estimate of drug-likeness (QED) is 0.564. The lowest BCUT2D eigenvalue weighted by molar-refractivity contribution is 0.313. The number of hydrogen-bond donors (Lipinski definition) is 1. The van der Waals surface area contributed by atoms with Gasteiger partial charge in [-0.2, -0.15) is 0 Å². The summed E-state index contributed by atoms with van der Waals surface area (Å²) < 4.78 is 5.91. The van der Waals surface area contributed by atoms with Gasteiger partial charge in [0.15, 0.2) is 0 Å². The van der Waals surface area contributed by atoms with Gasteiger partial charge in [0.25, 0.3) is 0 Å². The van der Waals surface area contributed by atoms with Gasteiger partial charge in [-0.05, 0) is 30.7 Å². The van der Waals surface area contributed by atoms with Gasteiger partial charge in [0.05, 0.1) is 17.6 Å². The standard InChI is InChI=1S/C19H17N3O/c1-2-9-16-15(8-1)21-18(22-16)11-5-13-23-17-10-3-6-14-7-4-12-20-19(14)17/h1-4,6-10,12H,5,11,13H2,(H,21,22). The van der Waals surface area contributed by atoms with Crippen LogP contribution in [-0.4, -0.2) is 21.6 Å². The Morgan fingerprint density at radius 2 is 1.87 bits per heavy atom. The van der Waals surface area contributed by atoms with E-state index in [-0.39, 0.29) is 0 Å². The number of hydrogen-bond acceptors (Lipinski definition) is 3. The molecule has 0 aliphatic heterocycles. The molecule has 0 radical (unpaired) electrons. The van der Waals surface area contributed by atoms with E-state index >= 15 is 0 Å². The third kappa shape index (κ3) is 2.88. The number of imidazole rings is 1. The molecule has 0 fully saturated rings. The minimum absolute atomic E-state index is 0.646. The lowest BCUT2D eigenvalue weighted by Gasteiger charge is -2.07. The van der Waals surface area contributed by atoms with Crippen LogP contribution >= 0.6 is 0 Å². The van der Waals surface area contributed by atoms with Crippen molar-refractivity contribution in [1.82, 2.24) is 15.0 Å². The van der Waals surface area contributed by atoms with Gasteiger partial charge in [-0.15, -0.1) is 0 Å². The molecule has 4 aromatic rings. The van der Waals surface area contributed by atoms with Gasteiger partial charge in [-0.25, -0.2) is 4.98 Å². The van der Waals surface area contributed by atoms with Gasteiger partial charge in [-0.3, -0.25) is 4.98 Å². The largest absolute Gasteiger partial charge is 0.491 e. The molecule has 4 heteroatoms. The van der Waals surface area contributed by atoms with Gasteiger partial charge >= 0.3 is 0 Å². The van der Waals surface area contributed by atoms with E-state index in [1.165, 1.54) is 0 Å². The number of rotatable bonds is 5. The van der Waals surface area contributed by atoms with Crippen molar-refractivity contribution in [2.45, 2.75) is 12.8 Å². The summed E-state index contributed by atoms with van der Waals surface area (Å²) in [7, 11) is 0. The van der Waals surface area contributed by atoms with Crippen molar-refractivity contribution < 1.29 is 4.74 Å². The molecule has 4 rings (SSSR count). The fourth-order valence-electron chi connectivity index (χ4n) is 2.74. The van der Waals surface area contributed by atoms with E-state index in [0.717, 1.165) is 46.4 Å². The molecule has 4 nitrogen and oxygen atoms in total. The molecule has 0 saturated carbocycles. The second-order valence-corrected chi connectivity index (χ2v) is 5.48. The molecule has 0 spiro atoms. The number of aryl methyl sites for hydroxylation is 1. The zero-order valence-corrected chi connectivity index (χ0v) is 12.7. The van der Waals surface area contributed by atoms with Crippen molar-refractivity contribution in [1.29, 1.82) is 0 Å². The van der Waals surface area contributed by atoms with Crippen molar-refractivity contribution >= 4 is 21.9 Å². The number of fused-ring (bicyclic) bond motifs is 2. The Kier molecular flexibility index (Phi) is 3.64. The maximum atomic E-state index is 5.91. The second kappa shape index (κ2) is 6.08.